The molecular weight excluding hydrogens is 382 g/mol. The standard InChI is InChI=1S/C23H29N3O4/c1-17(27)26-11-5-10-23(26,22(28)24-16-18-8-12-29-13-9-18)15-20-14-21(25-30-20)19-6-3-2-4-7-19/h2-4,6-7,14,18H,5,8-13,15-16H2,1H3,(H,24,28)/t23-/m1/s1. The van der Waals surface area contributed by atoms with Crippen LogP contribution in [0.1, 0.15) is 38.4 Å². The number of carbonyl (C=O) groups is 2. The molecule has 0 unspecified atom stereocenters. The summed E-state index contributed by atoms with van der Waals surface area (Å²) in [6.07, 6.45) is 3.64. The number of amides is 2. The number of ether oxygens (including phenoxy) is 1. The van der Waals surface area contributed by atoms with Crippen LogP contribution >= 0.6 is 0 Å². The van der Waals surface area contributed by atoms with Gasteiger partial charge in [-0.2, -0.15) is 0 Å². The first-order valence-electron chi connectivity index (χ1n) is 10.7. The lowest BCUT2D eigenvalue weighted by Gasteiger charge is -2.36. The lowest BCUT2D eigenvalue weighted by molar-refractivity contribution is -0.144. The van der Waals surface area contributed by atoms with Crippen molar-refractivity contribution in [2.24, 2.45) is 5.92 Å². The topological polar surface area (TPSA) is 84.7 Å². The van der Waals surface area contributed by atoms with E-state index in [9.17, 15) is 9.59 Å². The first-order valence-corrected chi connectivity index (χ1v) is 10.7. The fourth-order valence-electron chi connectivity index (χ4n) is 4.62. The lowest BCUT2D eigenvalue weighted by atomic mass is 9.88. The van der Waals surface area contributed by atoms with Crippen molar-refractivity contribution < 1.29 is 18.8 Å². The smallest absolute Gasteiger partial charge is 0.246 e. The summed E-state index contributed by atoms with van der Waals surface area (Å²) in [5.41, 5.74) is 0.765. The van der Waals surface area contributed by atoms with E-state index in [1.54, 1.807) is 4.90 Å². The number of hydrogen-bond acceptors (Lipinski definition) is 5. The van der Waals surface area contributed by atoms with E-state index in [-0.39, 0.29) is 11.8 Å². The molecule has 3 heterocycles. The predicted molar refractivity (Wildman–Crippen MR) is 112 cm³/mol. The average molecular weight is 412 g/mol. The SMILES string of the molecule is CC(=O)N1CCC[C@@]1(Cc1cc(-c2ccccc2)no1)C(=O)NCC1CCOCC1. The van der Waals surface area contributed by atoms with Crippen LogP contribution in [0.4, 0.5) is 0 Å². The van der Waals surface area contributed by atoms with Crippen molar-refractivity contribution in [3.63, 3.8) is 0 Å². The van der Waals surface area contributed by atoms with Gasteiger partial charge in [-0.05, 0) is 31.6 Å². The minimum atomic E-state index is -0.926. The van der Waals surface area contributed by atoms with Crippen LogP contribution in [-0.4, -0.2) is 53.7 Å². The summed E-state index contributed by atoms with van der Waals surface area (Å²) < 4.78 is 11.0. The van der Waals surface area contributed by atoms with Gasteiger partial charge in [-0.25, -0.2) is 0 Å². The van der Waals surface area contributed by atoms with Crippen molar-refractivity contribution in [2.75, 3.05) is 26.3 Å². The molecule has 0 bridgehead atoms. The maximum atomic E-state index is 13.4. The van der Waals surface area contributed by atoms with E-state index in [4.69, 9.17) is 9.26 Å². The molecule has 1 N–H and O–H groups in total. The summed E-state index contributed by atoms with van der Waals surface area (Å²) in [4.78, 5) is 27.5. The number of nitrogens with zero attached hydrogens (tertiary/aromatic N) is 2. The third-order valence-corrected chi connectivity index (χ3v) is 6.28. The van der Waals surface area contributed by atoms with Crippen LogP contribution in [0.3, 0.4) is 0 Å². The first-order chi connectivity index (χ1) is 14.6. The highest BCUT2D eigenvalue weighted by Gasteiger charge is 2.49. The molecule has 7 heteroatoms. The third kappa shape index (κ3) is 4.26. The minimum Gasteiger partial charge on any atom is -0.381 e. The molecular formula is C23H29N3O4. The Bertz CT molecular complexity index is 876. The minimum absolute atomic E-state index is 0.0866. The van der Waals surface area contributed by atoms with Gasteiger partial charge in [0.15, 0.2) is 0 Å². The van der Waals surface area contributed by atoms with Gasteiger partial charge in [0, 0.05) is 51.3 Å². The molecule has 2 saturated heterocycles. The summed E-state index contributed by atoms with van der Waals surface area (Å²) in [5, 5.41) is 7.31. The second-order valence-electron chi connectivity index (χ2n) is 8.29. The predicted octanol–water partition coefficient (Wildman–Crippen LogP) is 2.81. The fraction of sp³-hybridized carbons (Fsp3) is 0.522. The average Bonchev–Trinajstić information content (AvgIpc) is 3.41. The molecule has 2 amide bonds. The first kappa shape index (κ1) is 20.6. The molecule has 160 valence electrons. The molecule has 2 aliphatic heterocycles. The summed E-state index contributed by atoms with van der Waals surface area (Å²) in [7, 11) is 0. The highest BCUT2D eigenvalue weighted by atomic mass is 16.5. The van der Waals surface area contributed by atoms with E-state index in [1.807, 2.05) is 36.4 Å². The van der Waals surface area contributed by atoms with E-state index in [2.05, 4.69) is 10.5 Å². The summed E-state index contributed by atoms with van der Waals surface area (Å²) in [5.74, 6) is 0.848. The maximum Gasteiger partial charge on any atom is 0.246 e. The zero-order valence-corrected chi connectivity index (χ0v) is 17.4. The largest absolute Gasteiger partial charge is 0.381 e. The third-order valence-electron chi connectivity index (χ3n) is 6.28. The quantitative estimate of drug-likeness (QED) is 0.790. The zero-order valence-electron chi connectivity index (χ0n) is 17.4. The van der Waals surface area contributed by atoms with Gasteiger partial charge in [0.05, 0.1) is 0 Å². The Hall–Kier alpha value is -2.67. The van der Waals surface area contributed by atoms with E-state index < -0.39 is 5.54 Å². The number of carbonyl (C=O) groups excluding carboxylic acids is 2. The normalized spacial score (nSPS) is 22.2. The van der Waals surface area contributed by atoms with Crippen LogP contribution in [-0.2, 0) is 20.7 Å². The number of likely N-dealkylation sites (tertiary alicyclic amines) is 1. The van der Waals surface area contributed by atoms with E-state index in [1.165, 1.54) is 6.92 Å². The van der Waals surface area contributed by atoms with Gasteiger partial charge in [-0.1, -0.05) is 35.5 Å². The molecule has 0 spiro atoms. The fourth-order valence-corrected chi connectivity index (χ4v) is 4.62. The number of rotatable bonds is 6. The summed E-state index contributed by atoms with van der Waals surface area (Å²) in [6.45, 7) is 4.21. The molecule has 2 aliphatic rings. The van der Waals surface area contributed by atoms with Crippen LogP contribution in [0.2, 0.25) is 0 Å². The van der Waals surface area contributed by atoms with Crippen molar-refractivity contribution in [1.29, 1.82) is 0 Å². The molecule has 2 aromatic rings. The van der Waals surface area contributed by atoms with Crippen LogP contribution < -0.4 is 5.32 Å². The second-order valence-corrected chi connectivity index (χ2v) is 8.29. The molecule has 0 radical (unpaired) electrons. The van der Waals surface area contributed by atoms with Gasteiger partial charge >= 0.3 is 0 Å². The van der Waals surface area contributed by atoms with Crippen molar-refractivity contribution >= 4 is 11.8 Å². The molecule has 1 aromatic carbocycles. The van der Waals surface area contributed by atoms with Crippen LogP contribution in [0.25, 0.3) is 11.3 Å². The molecule has 1 atom stereocenters. The molecule has 4 rings (SSSR count). The van der Waals surface area contributed by atoms with E-state index in [0.29, 0.717) is 37.6 Å². The van der Waals surface area contributed by atoms with Crippen molar-refractivity contribution in [1.82, 2.24) is 15.4 Å². The van der Waals surface area contributed by atoms with Crippen LogP contribution in [0.5, 0.6) is 0 Å². The summed E-state index contributed by atoms with van der Waals surface area (Å²) in [6, 6.07) is 11.7. The maximum absolute atomic E-state index is 13.4. The van der Waals surface area contributed by atoms with Gasteiger partial charge in [-0.15, -0.1) is 0 Å². The molecule has 2 fully saturated rings. The monoisotopic (exact) mass is 411 g/mol. The van der Waals surface area contributed by atoms with Crippen LogP contribution in [0.15, 0.2) is 40.9 Å². The molecule has 1 aromatic heterocycles. The molecule has 7 nitrogen and oxygen atoms in total. The van der Waals surface area contributed by atoms with Gasteiger partial charge in [0.2, 0.25) is 11.8 Å². The van der Waals surface area contributed by atoms with Gasteiger partial charge in [-0.3, -0.25) is 9.59 Å². The number of nitrogens with one attached hydrogen (secondary N) is 1. The number of hydrogen-bond donors (Lipinski definition) is 1. The van der Waals surface area contributed by atoms with Gasteiger partial charge < -0.3 is 19.5 Å². The Morgan fingerprint density at radius 1 is 1.23 bits per heavy atom. The Labute approximate surface area is 176 Å². The Morgan fingerprint density at radius 3 is 2.73 bits per heavy atom. The molecule has 30 heavy (non-hydrogen) atoms. The molecule has 0 saturated carbocycles. The van der Waals surface area contributed by atoms with Crippen LogP contribution in [0, 0.1) is 5.92 Å². The Kier molecular flexibility index (Phi) is 6.18. The van der Waals surface area contributed by atoms with E-state index in [0.717, 1.165) is 43.7 Å². The highest BCUT2D eigenvalue weighted by molar-refractivity contribution is 5.91. The zero-order chi connectivity index (χ0) is 21.0. The number of benzene rings is 1. The van der Waals surface area contributed by atoms with Gasteiger partial charge in [0.25, 0.3) is 0 Å². The Balaban J connectivity index is 1.53. The number of aromatic nitrogens is 1. The molecule has 0 aliphatic carbocycles. The summed E-state index contributed by atoms with van der Waals surface area (Å²) >= 11 is 0. The second kappa shape index (κ2) is 9.00. The van der Waals surface area contributed by atoms with Crippen molar-refractivity contribution in [3.05, 3.63) is 42.2 Å². The van der Waals surface area contributed by atoms with Gasteiger partial charge in [0.1, 0.15) is 17.0 Å². The van der Waals surface area contributed by atoms with Crippen molar-refractivity contribution in [2.45, 2.75) is 44.6 Å². The lowest BCUT2D eigenvalue weighted by Crippen LogP contribution is -2.58. The highest BCUT2D eigenvalue weighted by Crippen LogP contribution is 2.34. The van der Waals surface area contributed by atoms with E-state index >= 15 is 0 Å². The van der Waals surface area contributed by atoms with Crippen molar-refractivity contribution in [3.8, 4) is 11.3 Å². The Morgan fingerprint density at radius 2 is 2.00 bits per heavy atom.